The van der Waals surface area contributed by atoms with Gasteiger partial charge in [0.15, 0.2) is 6.10 Å². The van der Waals surface area contributed by atoms with Crippen LogP contribution in [-0.2, 0) is 32.7 Å². The Morgan fingerprint density at radius 2 is 0.689 bits per heavy atom. The van der Waals surface area contributed by atoms with Gasteiger partial charge in [0.1, 0.15) is 19.8 Å². The molecule has 0 radical (unpaired) electrons. The molecule has 9 nitrogen and oxygen atoms in total. The Morgan fingerprint density at radius 3 is 1.00 bits per heavy atom. The molecule has 2 atom stereocenters. The Balaban J connectivity index is 3.96. The van der Waals surface area contributed by atoms with Gasteiger partial charge in [-0.25, -0.2) is 0 Å². The average molecular weight is 1070 g/mol. The highest BCUT2D eigenvalue weighted by Crippen LogP contribution is 2.38. The number of hydrogen-bond donors (Lipinski definition) is 0. The third-order valence-corrected chi connectivity index (χ3v) is 15.7. The van der Waals surface area contributed by atoms with Gasteiger partial charge in [-0.3, -0.25) is 14.2 Å². The topological polar surface area (TPSA) is 111 Å². The maximum atomic E-state index is 12.8. The number of rotatable bonds is 61. The van der Waals surface area contributed by atoms with Gasteiger partial charge in [0, 0.05) is 12.8 Å². The normalized spacial score (nSPS) is 13.2. The summed E-state index contributed by atoms with van der Waals surface area (Å²) in [5.74, 6) is -0.810. The number of allylic oxidation sites excluding steroid dienone is 2. The third kappa shape index (κ3) is 60.0. The summed E-state index contributed by atoms with van der Waals surface area (Å²) in [6, 6.07) is 0. The number of carbonyl (C=O) groups is 2. The number of ether oxygens (including phenoxy) is 2. The van der Waals surface area contributed by atoms with Crippen molar-refractivity contribution in [2.75, 3.05) is 47.5 Å². The number of hydrogen-bond acceptors (Lipinski definition) is 8. The van der Waals surface area contributed by atoms with Crippen LogP contribution in [0.1, 0.15) is 335 Å². The summed E-state index contributed by atoms with van der Waals surface area (Å²) in [5, 5.41) is 0. The van der Waals surface area contributed by atoms with Crippen LogP contribution in [0.3, 0.4) is 0 Å². The standard InChI is InChI=1S/C64H126NO8P/c1-6-8-10-12-14-16-18-20-22-24-25-26-27-28-29-30-31-32-33-34-35-36-37-38-39-41-43-45-47-49-51-53-55-57-64(67)73-62(61-72-74(68,69)71-59-58-65(3,4)5)60-70-63(66)56-54-52-50-48-46-44-42-40-23-21-19-17-15-13-11-9-7-2/h24-25,62H,6-23,26-61H2,1-5H3/b25-24-. The van der Waals surface area contributed by atoms with E-state index in [9.17, 15) is 19.0 Å². The Morgan fingerprint density at radius 1 is 0.405 bits per heavy atom. The van der Waals surface area contributed by atoms with Gasteiger partial charge in [0.2, 0.25) is 0 Å². The van der Waals surface area contributed by atoms with Gasteiger partial charge in [0.25, 0.3) is 7.82 Å². The van der Waals surface area contributed by atoms with E-state index in [0.717, 1.165) is 32.1 Å². The van der Waals surface area contributed by atoms with Crippen molar-refractivity contribution in [1.82, 2.24) is 0 Å². The average Bonchev–Trinajstić information content (AvgIpc) is 3.36. The fourth-order valence-corrected chi connectivity index (χ4v) is 10.5. The molecule has 2 unspecified atom stereocenters. The summed E-state index contributed by atoms with van der Waals surface area (Å²) in [6.07, 6.45) is 67.1. The van der Waals surface area contributed by atoms with Gasteiger partial charge in [-0.2, -0.15) is 0 Å². The summed E-state index contributed by atoms with van der Waals surface area (Å²) >= 11 is 0. The van der Waals surface area contributed by atoms with Gasteiger partial charge in [0.05, 0.1) is 27.7 Å². The Bertz CT molecular complexity index is 1260. The van der Waals surface area contributed by atoms with E-state index >= 15 is 0 Å². The predicted octanol–water partition coefficient (Wildman–Crippen LogP) is 19.8. The molecule has 0 saturated carbocycles. The zero-order valence-electron chi connectivity index (χ0n) is 50.1. The lowest BCUT2D eigenvalue weighted by Crippen LogP contribution is -2.37. The summed E-state index contributed by atoms with van der Waals surface area (Å²) < 4.78 is 34.2. The molecule has 0 aromatic carbocycles. The van der Waals surface area contributed by atoms with Crippen molar-refractivity contribution in [2.45, 2.75) is 341 Å². The summed E-state index contributed by atoms with van der Waals surface area (Å²) in [7, 11) is 1.19. The second kappa shape index (κ2) is 56.5. The molecule has 440 valence electrons. The first kappa shape index (κ1) is 72.8. The van der Waals surface area contributed by atoms with Crippen LogP contribution in [0.15, 0.2) is 12.2 Å². The molecule has 0 bridgehead atoms. The molecule has 0 aromatic rings. The van der Waals surface area contributed by atoms with Gasteiger partial charge in [-0.15, -0.1) is 0 Å². The number of phosphoric ester groups is 1. The van der Waals surface area contributed by atoms with Crippen molar-refractivity contribution in [3.05, 3.63) is 12.2 Å². The minimum absolute atomic E-state index is 0.0259. The van der Waals surface area contributed by atoms with Crippen LogP contribution in [0.2, 0.25) is 0 Å². The van der Waals surface area contributed by atoms with Crippen molar-refractivity contribution in [2.24, 2.45) is 0 Å². The van der Waals surface area contributed by atoms with E-state index in [1.807, 2.05) is 21.1 Å². The molecule has 0 rings (SSSR count). The van der Waals surface area contributed by atoms with Crippen molar-refractivity contribution >= 4 is 19.8 Å². The van der Waals surface area contributed by atoms with Crippen LogP contribution in [-0.4, -0.2) is 70.0 Å². The molecule has 0 aromatic heterocycles. The molecule has 0 aliphatic carbocycles. The Hall–Kier alpha value is -1.25. The smallest absolute Gasteiger partial charge is 0.306 e. The minimum atomic E-state index is -4.63. The Labute approximate surface area is 460 Å². The molecule has 0 aliphatic rings. The number of esters is 2. The zero-order chi connectivity index (χ0) is 54.2. The zero-order valence-corrected chi connectivity index (χ0v) is 51.0. The highest BCUT2D eigenvalue weighted by Gasteiger charge is 2.22. The highest BCUT2D eigenvalue weighted by atomic mass is 31.2. The number of phosphoric acid groups is 1. The van der Waals surface area contributed by atoms with Crippen molar-refractivity contribution in [1.29, 1.82) is 0 Å². The van der Waals surface area contributed by atoms with Crippen LogP contribution >= 0.6 is 7.82 Å². The van der Waals surface area contributed by atoms with Crippen LogP contribution in [0.5, 0.6) is 0 Å². The van der Waals surface area contributed by atoms with E-state index in [0.29, 0.717) is 17.4 Å². The number of likely N-dealkylation sites (N-methyl/N-ethyl adjacent to an activating group) is 1. The van der Waals surface area contributed by atoms with E-state index in [-0.39, 0.29) is 32.0 Å². The first-order valence-corrected chi connectivity index (χ1v) is 33.9. The first-order chi connectivity index (χ1) is 36.0. The van der Waals surface area contributed by atoms with E-state index in [4.69, 9.17) is 18.5 Å². The maximum absolute atomic E-state index is 12.8. The van der Waals surface area contributed by atoms with Crippen molar-refractivity contribution in [3.8, 4) is 0 Å². The lowest BCUT2D eigenvalue weighted by molar-refractivity contribution is -0.870. The van der Waals surface area contributed by atoms with Crippen LogP contribution < -0.4 is 4.89 Å². The minimum Gasteiger partial charge on any atom is -0.756 e. The number of unbranched alkanes of at least 4 members (excludes halogenated alkanes) is 45. The largest absolute Gasteiger partial charge is 0.756 e. The van der Waals surface area contributed by atoms with E-state index in [2.05, 4.69) is 26.0 Å². The monoisotopic (exact) mass is 1070 g/mol. The molecule has 0 saturated heterocycles. The number of carbonyl (C=O) groups excluding carboxylic acids is 2. The highest BCUT2D eigenvalue weighted by molar-refractivity contribution is 7.45. The molecule has 0 fully saturated rings. The first-order valence-electron chi connectivity index (χ1n) is 32.4. The van der Waals surface area contributed by atoms with Crippen molar-refractivity contribution < 1.29 is 42.1 Å². The second-order valence-corrected chi connectivity index (χ2v) is 24.9. The number of quaternary nitrogens is 1. The SMILES string of the molecule is CCCCCCCCCC/C=C\CCCCCCCCCCCCCCCCCCCCCCCC(=O)OC(COC(=O)CCCCCCCCCCCCCCCCCCC)COP(=O)([O-])OCC[N+](C)(C)C. The van der Waals surface area contributed by atoms with Crippen LogP contribution in [0.4, 0.5) is 0 Å². The predicted molar refractivity (Wildman–Crippen MR) is 315 cm³/mol. The molecule has 0 N–H and O–H groups in total. The molecular formula is C64H126NO8P. The summed E-state index contributed by atoms with van der Waals surface area (Å²) in [6.45, 7) is 4.31. The number of nitrogens with zero attached hydrogens (tertiary/aromatic N) is 1. The Kier molecular flexibility index (Phi) is 55.5. The van der Waals surface area contributed by atoms with E-state index in [1.54, 1.807) is 0 Å². The molecular weight excluding hydrogens is 942 g/mol. The molecule has 0 aliphatic heterocycles. The van der Waals surface area contributed by atoms with E-state index in [1.165, 1.54) is 270 Å². The third-order valence-electron chi connectivity index (χ3n) is 14.8. The lowest BCUT2D eigenvalue weighted by Gasteiger charge is -2.28. The summed E-state index contributed by atoms with van der Waals surface area (Å²) in [5.41, 5.74) is 0. The van der Waals surface area contributed by atoms with Crippen molar-refractivity contribution in [3.63, 3.8) is 0 Å². The molecule has 0 spiro atoms. The van der Waals surface area contributed by atoms with Gasteiger partial charge >= 0.3 is 11.9 Å². The van der Waals surface area contributed by atoms with Crippen LogP contribution in [0, 0.1) is 0 Å². The molecule has 74 heavy (non-hydrogen) atoms. The summed E-state index contributed by atoms with van der Waals surface area (Å²) in [4.78, 5) is 37.9. The van der Waals surface area contributed by atoms with Gasteiger partial charge < -0.3 is 27.9 Å². The quantitative estimate of drug-likeness (QED) is 0.0195. The lowest BCUT2D eigenvalue weighted by atomic mass is 10.0. The fraction of sp³-hybridized carbons (Fsp3) is 0.938. The second-order valence-electron chi connectivity index (χ2n) is 23.5. The van der Waals surface area contributed by atoms with Gasteiger partial charge in [-0.05, 0) is 38.5 Å². The van der Waals surface area contributed by atoms with Gasteiger partial charge in [-0.1, -0.05) is 296 Å². The fourth-order valence-electron chi connectivity index (χ4n) is 9.77. The van der Waals surface area contributed by atoms with Crippen LogP contribution in [0.25, 0.3) is 0 Å². The molecule has 0 heterocycles. The molecule has 0 amide bonds. The van der Waals surface area contributed by atoms with E-state index < -0.39 is 26.5 Å². The molecule has 10 heteroatoms. The maximum Gasteiger partial charge on any atom is 0.306 e.